The number of rotatable bonds is 8. The summed E-state index contributed by atoms with van der Waals surface area (Å²) in [5.74, 6) is -0.844. The van der Waals surface area contributed by atoms with Gasteiger partial charge in [0.2, 0.25) is 5.90 Å². The number of ether oxygens (including phenoxy) is 2. The summed E-state index contributed by atoms with van der Waals surface area (Å²) in [6.45, 7) is 10.3. The van der Waals surface area contributed by atoms with Crippen molar-refractivity contribution in [2.75, 3.05) is 0 Å². The van der Waals surface area contributed by atoms with Crippen LogP contribution in [-0.4, -0.2) is 37.0 Å². The fourth-order valence-corrected chi connectivity index (χ4v) is 4.13. The van der Waals surface area contributed by atoms with Crippen molar-refractivity contribution in [1.29, 1.82) is 0 Å². The minimum atomic E-state index is -4.27. The molecular weight excluding hydrogens is 474 g/mol. The summed E-state index contributed by atoms with van der Waals surface area (Å²) < 4.78 is 41.2. The number of sulfonamides is 1. The van der Waals surface area contributed by atoms with Crippen LogP contribution in [0.2, 0.25) is 0 Å². The van der Waals surface area contributed by atoms with Gasteiger partial charge in [0.15, 0.2) is 0 Å². The number of benzene rings is 2. The molecule has 0 saturated carbocycles. The summed E-state index contributed by atoms with van der Waals surface area (Å²) in [6.07, 6.45) is -1.10. The van der Waals surface area contributed by atoms with E-state index in [1.807, 2.05) is 6.07 Å². The van der Waals surface area contributed by atoms with E-state index >= 15 is 0 Å². The number of nitro groups is 1. The normalized spacial score (nSPS) is 14.2. The number of nitrogens with one attached hydrogen (secondary N) is 1. The first-order valence-electron chi connectivity index (χ1n) is 11.0. The van der Waals surface area contributed by atoms with Crippen LogP contribution in [0.3, 0.4) is 0 Å². The van der Waals surface area contributed by atoms with E-state index in [1.54, 1.807) is 65.8 Å². The number of hydrogen-bond acceptors (Lipinski definition) is 7. The zero-order valence-electron chi connectivity index (χ0n) is 20.6. The lowest BCUT2D eigenvalue weighted by atomic mass is 9.94. The Morgan fingerprint density at radius 1 is 1.03 bits per heavy atom. The van der Waals surface area contributed by atoms with Crippen LogP contribution in [0, 0.1) is 16.0 Å². The first kappa shape index (κ1) is 27.8. The fraction of sp³-hybridized carbons (Fsp3) is 0.417. The van der Waals surface area contributed by atoms with E-state index in [-0.39, 0.29) is 16.5 Å². The maximum absolute atomic E-state index is 13.0. The molecule has 0 radical (unpaired) electrons. The third-order valence-corrected chi connectivity index (χ3v) is 5.92. The second kappa shape index (κ2) is 11.3. The Bertz CT molecular complexity index is 1160. The molecule has 190 valence electrons. The number of nitro benzene ring substituents is 1. The van der Waals surface area contributed by atoms with Gasteiger partial charge in [0.05, 0.1) is 27.9 Å². The molecule has 0 saturated heterocycles. The molecule has 0 aliphatic rings. The second-order valence-corrected chi connectivity index (χ2v) is 10.7. The predicted molar refractivity (Wildman–Crippen MR) is 132 cm³/mol. The molecule has 0 aliphatic heterocycles. The number of non-ortho nitro benzene ring substituents is 1. The Morgan fingerprint density at radius 2 is 1.60 bits per heavy atom. The SMILES string of the molecule is CC(C)O/C(=N/S(=O)(=O)c1ccc([N+](=O)[O-])cc1)[C@H](C)[C@@H](NC(=O)OC(C)(C)C)c1ccccc1. The molecule has 11 heteroatoms. The van der Waals surface area contributed by atoms with E-state index in [0.29, 0.717) is 5.56 Å². The van der Waals surface area contributed by atoms with E-state index in [0.717, 1.165) is 24.3 Å². The molecular formula is C24H31N3O7S. The van der Waals surface area contributed by atoms with Gasteiger partial charge in [-0.25, -0.2) is 4.79 Å². The highest BCUT2D eigenvalue weighted by Crippen LogP contribution is 2.27. The Balaban J connectivity index is 2.50. The summed E-state index contributed by atoms with van der Waals surface area (Å²) in [5.41, 5.74) is -0.289. The monoisotopic (exact) mass is 505 g/mol. The van der Waals surface area contributed by atoms with Gasteiger partial charge in [0.1, 0.15) is 5.60 Å². The van der Waals surface area contributed by atoms with Crippen LogP contribution < -0.4 is 5.32 Å². The lowest BCUT2D eigenvalue weighted by Gasteiger charge is -2.29. The highest BCUT2D eigenvalue weighted by Gasteiger charge is 2.31. The van der Waals surface area contributed by atoms with Crippen LogP contribution in [0.1, 0.15) is 53.1 Å². The third kappa shape index (κ3) is 8.36. The van der Waals surface area contributed by atoms with Crippen molar-refractivity contribution < 1.29 is 27.6 Å². The van der Waals surface area contributed by atoms with Crippen LogP contribution in [0.4, 0.5) is 10.5 Å². The molecule has 2 rings (SSSR count). The molecule has 0 aromatic heterocycles. The van der Waals surface area contributed by atoms with Gasteiger partial charge in [-0.2, -0.15) is 8.42 Å². The Morgan fingerprint density at radius 3 is 2.09 bits per heavy atom. The van der Waals surface area contributed by atoms with Gasteiger partial charge < -0.3 is 14.8 Å². The van der Waals surface area contributed by atoms with Crippen molar-refractivity contribution in [3.05, 3.63) is 70.3 Å². The summed E-state index contributed by atoms with van der Waals surface area (Å²) >= 11 is 0. The Kier molecular flexibility index (Phi) is 8.97. The van der Waals surface area contributed by atoms with Crippen molar-refractivity contribution in [3.63, 3.8) is 0 Å². The predicted octanol–water partition coefficient (Wildman–Crippen LogP) is 5.01. The molecule has 1 amide bonds. The van der Waals surface area contributed by atoms with Gasteiger partial charge in [-0.3, -0.25) is 10.1 Å². The summed E-state index contributed by atoms with van der Waals surface area (Å²) in [6, 6.07) is 12.7. The number of amides is 1. The number of carbonyl (C=O) groups excluding carboxylic acids is 1. The standard InChI is InChI=1S/C24H31N3O7S/c1-16(2)33-22(26-35(31,32)20-14-12-19(13-15-20)27(29)30)17(3)21(18-10-8-7-9-11-18)25-23(28)34-24(4,5)6/h7-17,21H,1-6H3,(H,25,28)/b26-22+/t17-,21-/m1/s1. The second-order valence-electron chi connectivity index (χ2n) is 9.15. The molecule has 0 unspecified atom stereocenters. The van der Waals surface area contributed by atoms with Crippen molar-refractivity contribution in [3.8, 4) is 0 Å². The molecule has 2 aromatic rings. The minimum absolute atomic E-state index is 0.122. The van der Waals surface area contributed by atoms with Crippen molar-refractivity contribution >= 4 is 27.7 Å². The molecule has 0 aliphatic carbocycles. The maximum atomic E-state index is 13.0. The molecule has 0 heterocycles. The van der Waals surface area contributed by atoms with Crippen LogP contribution in [0.5, 0.6) is 0 Å². The molecule has 0 bridgehead atoms. The summed E-state index contributed by atoms with van der Waals surface area (Å²) in [4.78, 5) is 22.6. The molecule has 10 nitrogen and oxygen atoms in total. The highest BCUT2D eigenvalue weighted by molar-refractivity contribution is 7.90. The summed E-state index contributed by atoms with van der Waals surface area (Å²) in [7, 11) is -4.27. The van der Waals surface area contributed by atoms with Gasteiger partial charge in [-0.15, -0.1) is 4.40 Å². The largest absolute Gasteiger partial charge is 0.477 e. The van der Waals surface area contributed by atoms with E-state index in [4.69, 9.17) is 9.47 Å². The van der Waals surface area contributed by atoms with Crippen LogP contribution >= 0.6 is 0 Å². The smallest absolute Gasteiger partial charge is 0.408 e. The first-order chi connectivity index (χ1) is 16.2. The molecule has 2 aromatic carbocycles. The molecule has 0 spiro atoms. The average molecular weight is 506 g/mol. The number of nitrogens with zero attached hydrogens (tertiary/aromatic N) is 2. The van der Waals surface area contributed by atoms with Crippen LogP contribution in [0.15, 0.2) is 63.9 Å². The molecule has 2 atom stereocenters. The van der Waals surface area contributed by atoms with Crippen molar-refractivity contribution in [2.45, 2.75) is 64.2 Å². The van der Waals surface area contributed by atoms with Gasteiger partial charge in [-0.05, 0) is 52.3 Å². The Hall–Kier alpha value is -3.47. The highest BCUT2D eigenvalue weighted by atomic mass is 32.2. The molecule has 0 fully saturated rings. The zero-order valence-corrected chi connectivity index (χ0v) is 21.4. The van der Waals surface area contributed by atoms with Crippen LogP contribution in [0.25, 0.3) is 0 Å². The van der Waals surface area contributed by atoms with E-state index in [2.05, 4.69) is 9.71 Å². The van der Waals surface area contributed by atoms with Crippen molar-refractivity contribution in [2.24, 2.45) is 10.3 Å². The van der Waals surface area contributed by atoms with E-state index < -0.39 is 44.7 Å². The van der Waals surface area contributed by atoms with Gasteiger partial charge in [0.25, 0.3) is 15.7 Å². The average Bonchev–Trinajstić information content (AvgIpc) is 2.75. The number of carbonyl (C=O) groups is 1. The Labute approximate surface area is 205 Å². The fourth-order valence-electron chi connectivity index (χ4n) is 3.10. The quantitative estimate of drug-likeness (QED) is 0.230. The molecule has 1 N–H and O–H groups in total. The topological polar surface area (TPSA) is 137 Å². The lowest BCUT2D eigenvalue weighted by Crippen LogP contribution is -2.40. The van der Waals surface area contributed by atoms with Crippen molar-refractivity contribution in [1.82, 2.24) is 5.32 Å². The number of hydrogen-bond donors (Lipinski definition) is 1. The number of alkyl carbamates (subject to hydrolysis) is 1. The van der Waals surface area contributed by atoms with Gasteiger partial charge in [0, 0.05) is 12.1 Å². The van der Waals surface area contributed by atoms with E-state index in [1.165, 1.54) is 0 Å². The lowest BCUT2D eigenvalue weighted by molar-refractivity contribution is -0.384. The first-order valence-corrected chi connectivity index (χ1v) is 12.4. The van der Waals surface area contributed by atoms with Gasteiger partial charge in [-0.1, -0.05) is 37.3 Å². The zero-order chi connectivity index (χ0) is 26.4. The minimum Gasteiger partial charge on any atom is -0.477 e. The third-order valence-electron chi connectivity index (χ3n) is 4.63. The van der Waals surface area contributed by atoms with E-state index in [9.17, 15) is 23.3 Å². The summed E-state index contributed by atoms with van der Waals surface area (Å²) in [5, 5.41) is 13.7. The van der Waals surface area contributed by atoms with Gasteiger partial charge >= 0.3 is 6.09 Å². The van der Waals surface area contributed by atoms with Crippen LogP contribution in [-0.2, 0) is 19.5 Å². The maximum Gasteiger partial charge on any atom is 0.408 e. The molecule has 35 heavy (non-hydrogen) atoms.